The van der Waals surface area contributed by atoms with Gasteiger partial charge in [0.2, 0.25) is 5.95 Å². The highest BCUT2D eigenvalue weighted by Crippen LogP contribution is 2.27. The third kappa shape index (κ3) is 2.80. The Morgan fingerprint density at radius 2 is 1.88 bits per heavy atom. The van der Waals surface area contributed by atoms with Crippen LogP contribution in [-0.4, -0.2) is 30.1 Å². The summed E-state index contributed by atoms with van der Waals surface area (Å²) in [6, 6.07) is 0.537. The molecule has 1 fully saturated rings. The van der Waals surface area contributed by atoms with Crippen molar-refractivity contribution in [3.05, 3.63) is 10.7 Å². The third-order valence-electron chi connectivity index (χ3n) is 3.17. The van der Waals surface area contributed by atoms with E-state index in [1.807, 2.05) is 25.9 Å². The summed E-state index contributed by atoms with van der Waals surface area (Å²) >= 11 is 6.13. The van der Waals surface area contributed by atoms with Crippen molar-refractivity contribution >= 4 is 23.4 Å². The van der Waals surface area contributed by atoms with Crippen LogP contribution < -0.4 is 10.2 Å². The van der Waals surface area contributed by atoms with Gasteiger partial charge in [0.1, 0.15) is 11.0 Å². The van der Waals surface area contributed by atoms with E-state index in [9.17, 15) is 0 Å². The van der Waals surface area contributed by atoms with Crippen molar-refractivity contribution in [2.45, 2.75) is 38.6 Å². The number of nitrogens with zero attached hydrogens (tertiary/aromatic N) is 3. The zero-order valence-electron chi connectivity index (χ0n) is 10.6. The summed E-state index contributed by atoms with van der Waals surface area (Å²) in [6.07, 6.45) is 5.04. The van der Waals surface area contributed by atoms with Crippen molar-refractivity contribution in [2.75, 3.05) is 24.3 Å². The number of nitrogens with one attached hydrogen (secondary N) is 1. The molecular formula is C12H19ClN4. The van der Waals surface area contributed by atoms with Crippen LogP contribution in [0.25, 0.3) is 0 Å². The lowest BCUT2D eigenvalue weighted by Crippen LogP contribution is -2.19. The van der Waals surface area contributed by atoms with Gasteiger partial charge in [0.15, 0.2) is 0 Å². The molecule has 1 aliphatic carbocycles. The second-order valence-electron chi connectivity index (χ2n) is 4.81. The van der Waals surface area contributed by atoms with E-state index >= 15 is 0 Å². The average Bonchev–Trinajstić information content (AvgIpc) is 2.77. The van der Waals surface area contributed by atoms with Gasteiger partial charge in [-0.1, -0.05) is 24.4 Å². The zero-order valence-corrected chi connectivity index (χ0v) is 11.4. The zero-order chi connectivity index (χ0) is 12.4. The molecule has 0 amide bonds. The van der Waals surface area contributed by atoms with E-state index in [0.29, 0.717) is 17.1 Å². The predicted octanol–water partition coefficient (Wildman–Crippen LogP) is 2.86. The summed E-state index contributed by atoms with van der Waals surface area (Å²) in [5.41, 5.74) is 0.934. The molecule has 0 atom stereocenters. The Morgan fingerprint density at radius 3 is 2.47 bits per heavy atom. The number of rotatable bonds is 3. The number of halogens is 1. The van der Waals surface area contributed by atoms with E-state index < -0.39 is 0 Å². The Hall–Kier alpha value is -1.03. The molecule has 0 aliphatic heterocycles. The summed E-state index contributed by atoms with van der Waals surface area (Å²) in [7, 11) is 3.83. The quantitative estimate of drug-likeness (QED) is 0.843. The van der Waals surface area contributed by atoms with Crippen LogP contribution >= 0.6 is 11.6 Å². The second kappa shape index (κ2) is 5.08. The Kier molecular flexibility index (Phi) is 3.72. The highest BCUT2D eigenvalue weighted by Gasteiger charge is 2.18. The average molecular weight is 255 g/mol. The highest BCUT2D eigenvalue weighted by atomic mass is 35.5. The molecule has 1 saturated carbocycles. The Morgan fingerprint density at radius 1 is 1.24 bits per heavy atom. The van der Waals surface area contributed by atoms with Gasteiger partial charge in [-0.2, -0.15) is 4.98 Å². The third-order valence-corrected chi connectivity index (χ3v) is 3.54. The minimum Gasteiger partial charge on any atom is -0.367 e. The molecule has 1 aromatic heterocycles. The van der Waals surface area contributed by atoms with E-state index in [0.717, 1.165) is 11.4 Å². The topological polar surface area (TPSA) is 41.1 Å². The van der Waals surface area contributed by atoms with Crippen LogP contribution in [0.4, 0.5) is 11.8 Å². The maximum Gasteiger partial charge on any atom is 0.228 e. The SMILES string of the molecule is Cc1c(Cl)nc(N(C)C)nc1NC1CCCC1. The fourth-order valence-electron chi connectivity index (χ4n) is 2.08. The first kappa shape index (κ1) is 12.4. The lowest BCUT2D eigenvalue weighted by atomic mass is 10.2. The normalized spacial score (nSPS) is 16.2. The van der Waals surface area contributed by atoms with Crippen LogP contribution in [0.1, 0.15) is 31.2 Å². The lowest BCUT2D eigenvalue weighted by Gasteiger charge is -2.18. The van der Waals surface area contributed by atoms with Gasteiger partial charge in [-0.05, 0) is 19.8 Å². The highest BCUT2D eigenvalue weighted by molar-refractivity contribution is 6.30. The monoisotopic (exact) mass is 254 g/mol. The Bertz CT molecular complexity index is 400. The molecule has 0 saturated heterocycles. The van der Waals surface area contributed by atoms with Gasteiger partial charge in [0, 0.05) is 25.7 Å². The van der Waals surface area contributed by atoms with E-state index in [4.69, 9.17) is 11.6 Å². The molecule has 2 rings (SSSR count). The first-order valence-electron chi connectivity index (χ1n) is 6.06. The molecule has 1 N–H and O–H groups in total. The number of hydrogen-bond acceptors (Lipinski definition) is 4. The molecule has 1 heterocycles. The molecule has 0 aromatic carbocycles. The van der Waals surface area contributed by atoms with Gasteiger partial charge in [-0.25, -0.2) is 4.98 Å². The van der Waals surface area contributed by atoms with Gasteiger partial charge in [0.25, 0.3) is 0 Å². The standard InChI is InChI=1S/C12H19ClN4/c1-8-10(13)15-12(17(2)3)16-11(8)14-9-6-4-5-7-9/h9H,4-7H2,1-3H3,(H,14,15,16). The minimum absolute atomic E-state index is 0.532. The maximum atomic E-state index is 6.13. The summed E-state index contributed by atoms with van der Waals surface area (Å²) in [4.78, 5) is 10.6. The molecule has 0 bridgehead atoms. The molecule has 17 heavy (non-hydrogen) atoms. The van der Waals surface area contributed by atoms with Gasteiger partial charge in [0.05, 0.1) is 0 Å². The molecule has 1 aromatic rings. The molecular weight excluding hydrogens is 236 g/mol. The minimum atomic E-state index is 0.532. The number of anilines is 2. The van der Waals surface area contributed by atoms with Crippen LogP contribution in [-0.2, 0) is 0 Å². The van der Waals surface area contributed by atoms with E-state index in [-0.39, 0.29) is 0 Å². The van der Waals surface area contributed by atoms with Crippen LogP contribution in [0.5, 0.6) is 0 Å². The molecule has 4 nitrogen and oxygen atoms in total. The van der Waals surface area contributed by atoms with Crippen molar-refractivity contribution < 1.29 is 0 Å². The van der Waals surface area contributed by atoms with Crippen LogP contribution in [0.3, 0.4) is 0 Å². The van der Waals surface area contributed by atoms with E-state index in [2.05, 4.69) is 15.3 Å². The van der Waals surface area contributed by atoms with Crippen LogP contribution in [0.2, 0.25) is 5.15 Å². The Balaban J connectivity index is 2.24. The summed E-state index contributed by atoms with van der Waals surface area (Å²) in [6.45, 7) is 1.96. The smallest absolute Gasteiger partial charge is 0.228 e. The predicted molar refractivity (Wildman–Crippen MR) is 72.0 cm³/mol. The van der Waals surface area contributed by atoms with E-state index in [1.165, 1.54) is 25.7 Å². The van der Waals surface area contributed by atoms with Gasteiger partial charge in [-0.15, -0.1) is 0 Å². The second-order valence-corrected chi connectivity index (χ2v) is 5.17. The van der Waals surface area contributed by atoms with Crippen molar-refractivity contribution in [1.29, 1.82) is 0 Å². The van der Waals surface area contributed by atoms with Crippen molar-refractivity contribution in [3.8, 4) is 0 Å². The number of hydrogen-bond donors (Lipinski definition) is 1. The lowest BCUT2D eigenvalue weighted by molar-refractivity contribution is 0.747. The molecule has 0 unspecified atom stereocenters. The van der Waals surface area contributed by atoms with Gasteiger partial charge in [-0.3, -0.25) is 0 Å². The first-order valence-corrected chi connectivity index (χ1v) is 6.43. The molecule has 0 radical (unpaired) electrons. The first-order chi connectivity index (χ1) is 8.08. The number of aromatic nitrogens is 2. The summed E-state index contributed by atoms with van der Waals surface area (Å²) < 4.78 is 0. The van der Waals surface area contributed by atoms with Gasteiger partial charge < -0.3 is 10.2 Å². The Labute approximate surface area is 107 Å². The van der Waals surface area contributed by atoms with Crippen molar-refractivity contribution in [2.24, 2.45) is 0 Å². The van der Waals surface area contributed by atoms with Crippen molar-refractivity contribution in [1.82, 2.24) is 9.97 Å². The van der Waals surface area contributed by atoms with Crippen LogP contribution in [0.15, 0.2) is 0 Å². The fourth-order valence-corrected chi connectivity index (χ4v) is 2.25. The van der Waals surface area contributed by atoms with Gasteiger partial charge >= 0.3 is 0 Å². The van der Waals surface area contributed by atoms with Crippen molar-refractivity contribution in [3.63, 3.8) is 0 Å². The van der Waals surface area contributed by atoms with Crippen LogP contribution in [0, 0.1) is 6.92 Å². The largest absolute Gasteiger partial charge is 0.367 e. The molecule has 5 heteroatoms. The fraction of sp³-hybridized carbons (Fsp3) is 0.667. The summed E-state index contributed by atoms with van der Waals surface area (Å²) in [5, 5.41) is 4.01. The molecule has 1 aliphatic rings. The van der Waals surface area contributed by atoms with E-state index in [1.54, 1.807) is 0 Å². The molecule has 0 spiro atoms. The summed E-state index contributed by atoms with van der Waals surface area (Å²) in [5.74, 6) is 1.53. The molecule has 94 valence electrons. The maximum absolute atomic E-state index is 6.13.